The minimum Gasteiger partial charge on any atom is -0.356 e. The number of hydrogen-bond acceptors (Lipinski definition) is 3. The second kappa shape index (κ2) is 11.3. The molecule has 156 valence electrons. The van der Waals surface area contributed by atoms with Crippen molar-refractivity contribution in [2.24, 2.45) is 5.92 Å². The smallest absolute Gasteiger partial charge is 0.246 e. The normalized spacial score (nSPS) is 11.7. The van der Waals surface area contributed by atoms with Gasteiger partial charge in [-0.2, -0.15) is 0 Å². The first kappa shape index (κ1) is 22.6. The summed E-state index contributed by atoms with van der Waals surface area (Å²) in [4.78, 5) is 24.0. The average molecular weight is 400 g/mol. The van der Waals surface area contributed by atoms with Crippen molar-refractivity contribution in [2.75, 3.05) is 6.54 Å². The molecule has 0 unspecified atom stereocenters. The van der Waals surface area contributed by atoms with Crippen LogP contribution in [0.25, 0.3) is 0 Å². The number of carbonyl (C=O) groups excluding carboxylic acids is 2. The average Bonchev–Trinajstić information content (AvgIpc) is 2.71. The Morgan fingerprint density at radius 2 is 1.69 bits per heavy atom. The Morgan fingerprint density at radius 1 is 1.03 bits per heavy atom. The Kier molecular flexibility index (Phi) is 8.80. The summed E-state index contributed by atoms with van der Waals surface area (Å²) in [5.41, 5.74) is 4.65. The van der Waals surface area contributed by atoms with Gasteiger partial charge < -0.3 is 5.32 Å². The standard InChI is InChI=1S/C23H29FN2O3/c1-16-12-19(13-17(2)22(16)24)14-20(23(28)26-29)10-6-7-11-25-21(27)15-18-8-4-3-5-9-18/h3-5,8-9,12-13,20,29H,6-7,10-11,14-15H2,1-2H3,(H,25,27)(H,26,28)/t20-/m0/s1. The lowest BCUT2D eigenvalue weighted by Crippen LogP contribution is -2.30. The molecule has 0 aromatic heterocycles. The molecule has 5 nitrogen and oxygen atoms in total. The van der Waals surface area contributed by atoms with Crippen LogP contribution in [0.15, 0.2) is 42.5 Å². The maximum absolute atomic E-state index is 13.8. The third kappa shape index (κ3) is 7.31. The van der Waals surface area contributed by atoms with Gasteiger partial charge >= 0.3 is 0 Å². The molecule has 29 heavy (non-hydrogen) atoms. The largest absolute Gasteiger partial charge is 0.356 e. The summed E-state index contributed by atoms with van der Waals surface area (Å²) in [6, 6.07) is 13.0. The fraction of sp³-hybridized carbons (Fsp3) is 0.391. The van der Waals surface area contributed by atoms with Gasteiger partial charge in [-0.25, -0.2) is 9.87 Å². The highest BCUT2D eigenvalue weighted by Crippen LogP contribution is 2.20. The van der Waals surface area contributed by atoms with Crippen LogP contribution in [-0.4, -0.2) is 23.6 Å². The van der Waals surface area contributed by atoms with Crippen LogP contribution in [0.3, 0.4) is 0 Å². The van der Waals surface area contributed by atoms with E-state index in [9.17, 15) is 14.0 Å². The summed E-state index contributed by atoms with van der Waals surface area (Å²) < 4.78 is 13.8. The number of halogens is 1. The lowest BCUT2D eigenvalue weighted by Gasteiger charge is -2.16. The van der Waals surface area contributed by atoms with Gasteiger partial charge in [-0.05, 0) is 55.4 Å². The Balaban J connectivity index is 1.79. The zero-order chi connectivity index (χ0) is 21.2. The quantitative estimate of drug-likeness (QED) is 0.324. The van der Waals surface area contributed by atoms with Crippen LogP contribution in [0.4, 0.5) is 4.39 Å². The molecule has 2 aromatic carbocycles. The minimum absolute atomic E-state index is 0.0295. The lowest BCUT2D eigenvalue weighted by molar-refractivity contribution is -0.133. The van der Waals surface area contributed by atoms with Crippen LogP contribution in [0, 0.1) is 25.6 Å². The second-order valence-electron chi connectivity index (χ2n) is 7.43. The van der Waals surface area contributed by atoms with Gasteiger partial charge in [-0.1, -0.05) is 48.9 Å². The third-order valence-electron chi connectivity index (χ3n) is 4.97. The predicted octanol–water partition coefficient (Wildman–Crippen LogP) is 3.64. The Labute approximate surface area is 171 Å². The number of aryl methyl sites for hydroxylation is 2. The van der Waals surface area contributed by atoms with Crippen molar-refractivity contribution in [1.82, 2.24) is 10.8 Å². The number of nitrogens with one attached hydrogen (secondary N) is 2. The van der Waals surface area contributed by atoms with Crippen LogP contribution in [0.5, 0.6) is 0 Å². The maximum atomic E-state index is 13.8. The molecule has 6 heteroatoms. The number of amides is 2. The monoisotopic (exact) mass is 400 g/mol. The van der Waals surface area contributed by atoms with E-state index in [1.807, 2.05) is 30.3 Å². The van der Waals surface area contributed by atoms with E-state index in [0.717, 1.165) is 24.0 Å². The molecule has 0 bridgehead atoms. The first-order valence-electron chi connectivity index (χ1n) is 9.91. The molecule has 0 heterocycles. The number of hydrogen-bond donors (Lipinski definition) is 3. The molecule has 0 spiro atoms. The molecular weight excluding hydrogens is 371 g/mol. The fourth-order valence-electron chi connectivity index (χ4n) is 3.44. The van der Waals surface area contributed by atoms with Crippen molar-refractivity contribution in [2.45, 2.75) is 46.0 Å². The van der Waals surface area contributed by atoms with E-state index in [-0.39, 0.29) is 11.7 Å². The number of rotatable bonds is 10. The topological polar surface area (TPSA) is 78.4 Å². The highest BCUT2D eigenvalue weighted by Gasteiger charge is 2.19. The molecule has 0 saturated heterocycles. The van der Waals surface area contributed by atoms with Crippen LogP contribution in [-0.2, 0) is 22.4 Å². The first-order chi connectivity index (χ1) is 13.9. The van der Waals surface area contributed by atoms with E-state index in [1.165, 1.54) is 0 Å². The molecule has 0 aliphatic heterocycles. The van der Waals surface area contributed by atoms with Crippen molar-refractivity contribution in [3.05, 3.63) is 70.5 Å². The van der Waals surface area contributed by atoms with E-state index in [4.69, 9.17) is 5.21 Å². The number of carbonyl (C=O) groups is 2. The summed E-state index contributed by atoms with van der Waals surface area (Å²) in [5, 5.41) is 11.9. The molecule has 0 saturated carbocycles. The predicted molar refractivity (Wildman–Crippen MR) is 110 cm³/mol. The molecule has 2 amide bonds. The molecule has 0 fully saturated rings. The van der Waals surface area contributed by atoms with Gasteiger partial charge in [0.1, 0.15) is 5.82 Å². The van der Waals surface area contributed by atoms with E-state index >= 15 is 0 Å². The molecule has 2 aromatic rings. The van der Waals surface area contributed by atoms with Gasteiger partial charge in [-0.3, -0.25) is 14.8 Å². The van der Waals surface area contributed by atoms with E-state index in [2.05, 4.69) is 5.32 Å². The first-order valence-corrected chi connectivity index (χ1v) is 9.91. The van der Waals surface area contributed by atoms with Crippen LogP contribution < -0.4 is 10.8 Å². The van der Waals surface area contributed by atoms with Crippen LogP contribution >= 0.6 is 0 Å². The van der Waals surface area contributed by atoms with Crippen LogP contribution in [0.1, 0.15) is 41.5 Å². The van der Waals surface area contributed by atoms with Gasteiger partial charge in [0.2, 0.25) is 11.8 Å². The lowest BCUT2D eigenvalue weighted by atomic mass is 9.91. The Hall–Kier alpha value is -2.73. The van der Waals surface area contributed by atoms with Crippen molar-refractivity contribution in [3.8, 4) is 0 Å². The van der Waals surface area contributed by atoms with Crippen molar-refractivity contribution < 1.29 is 19.2 Å². The minimum atomic E-state index is -0.447. The summed E-state index contributed by atoms with van der Waals surface area (Å²) >= 11 is 0. The van der Waals surface area contributed by atoms with Gasteiger partial charge in [0, 0.05) is 12.5 Å². The Bertz CT molecular complexity index is 801. The Morgan fingerprint density at radius 3 is 2.31 bits per heavy atom. The third-order valence-corrected chi connectivity index (χ3v) is 4.97. The molecule has 3 N–H and O–H groups in total. The van der Waals surface area contributed by atoms with Crippen molar-refractivity contribution in [3.63, 3.8) is 0 Å². The molecule has 0 aliphatic rings. The maximum Gasteiger partial charge on any atom is 0.246 e. The number of unbranched alkanes of at least 4 members (excludes halogenated alkanes) is 1. The van der Waals surface area contributed by atoms with Gasteiger partial charge in [-0.15, -0.1) is 0 Å². The summed E-state index contributed by atoms with van der Waals surface area (Å²) in [6.45, 7) is 3.93. The summed E-state index contributed by atoms with van der Waals surface area (Å²) in [7, 11) is 0. The number of hydroxylamine groups is 1. The highest BCUT2D eigenvalue weighted by atomic mass is 19.1. The number of benzene rings is 2. The fourth-order valence-corrected chi connectivity index (χ4v) is 3.44. The zero-order valence-electron chi connectivity index (χ0n) is 17.0. The van der Waals surface area contributed by atoms with Gasteiger partial charge in [0.15, 0.2) is 0 Å². The van der Waals surface area contributed by atoms with E-state index < -0.39 is 11.8 Å². The SMILES string of the molecule is Cc1cc(C[C@H](CCCCNC(=O)Cc2ccccc2)C(=O)NO)cc(C)c1F. The molecular formula is C23H29FN2O3. The molecule has 1 atom stereocenters. The van der Waals surface area contributed by atoms with Gasteiger partial charge in [0.25, 0.3) is 0 Å². The molecule has 0 radical (unpaired) electrons. The van der Waals surface area contributed by atoms with Crippen molar-refractivity contribution in [1.29, 1.82) is 0 Å². The van der Waals surface area contributed by atoms with E-state index in [1.54, 1.807) is 31.5 Å². The van der Waals surface area contributed by atoms with Crippen LogP contribution in [0.2, 0.25) is 0 Å². The highest BCUT2D eigenvalue weighted by molar-refractivity contribution is 5.78. The summed E-state index contributed by atoms with van der Waals surface area (Å²) in [6.07, 6.45) is 2.80. The van der Waals surface area contributed by atoms with E-state index in [0.29, 0.717) is 36.9 Å². The molecule has 0 aliphatic carbocycles. The van der Waals surface area contributed by atoms with Gasteiger partial charge in [0.05, 0.1) is 6.42 Å². The second-order valence-corrected chi connectivity index (χ2v) is 7.43. The zero-order valence-corrected chi connectivity index (χ0v) is 17.0. The van der Waals surface area contributed by atoms with Crippen molar-refractivity contribution >= 4 is 11.8 Å². The molecule has 2 rings (SSSR count). The summed E-state index contributed by atoms with van der Waals surface area (Å²) in [5.74, 6) is -1.12.